The fourth-order valence-corrected chi connectivity index (χ4v) is 5.21. The Balaban J connectivity index is 1.21. The first-order valence-electron chi connectivity index (χ1n) is 12.7. The first-order chi connectivity index (χ1) is 17.8. The maximum atomic E-state index is 4.88. The van der Waals surface area contributed by atoms with Gasteiger partial charge in [0.1, 0.15) is 5.82 Å². The van der Waals surface area contributed by atoms with Crippen LogP contribution in [-0.2, 0) is 32.6 Å². The van der Waals surface area contributed by atoms with Crippen LogP contribution in [0.3, 0.4) is 0 Å². The third-order valence-electron chi connectivity index (χ3n) is 7.01. The Hall–Kier alpha value is -3.81. The summed E-state index contributed by atoms with van der Waals surface area (Å²) in [5, 5.41) is 10.5. The van der Waals surface area contributed by atoms with E-state index in [1.54, 1.807) is 6.20 Å². The first kappa shape index (κ1) is 22.6. The molecule has 0 saturated heterocycles. The van der Waals surface area contributed by atoms with E-state index in [2.05, 4.69) is 80.0 Å². The van der Waals surface area contributed by atoms with Crippen LogP contribution in [0, 0.1) is 0 Å². The van der Waals surface area contributed by atoms with E-state index in [4.69, 9.17) is 9.97 Å². The van der Waals surface area contributed by atoms with Crippen LogP contribution in [0.5, 0.6) is 0 Å². The fraction of sp³-hybridized carbons (Fsp3) is 0.276. The van der Waals surface area contributed by atoms with E-state index < -0.39 is 0 Å². The molecule has 1 unspecified atom stereocenters. The van der Waals surface area contributed by atoms with E-state index in [0.29, 0.717) is 0 Å². The summed E-state index contributed by atoms with van der Waals surface area (Å²) in [7, 11) is 0. The van der Waals surface area contributed by atoms with Crippen molar-refractivity contribution in [3.05, 3.63) is 113 Å². The Bertz CT molecular complexity index is 1370. The molecule has 36 heavy (non-hydrogen) atoms. The summed E-state index contributed by atoms with van der Waals surface area (Å²) in [6.45, 7) is 3.20. The number of benzene rings is 2. The van der Waals surface area contributed by atoms with Crippen LogP contribution in [0.15, 0.2) is 79.1 Å². The van der Waals surface area contributed by atoms with Gasteiger partial charge >= 0.3 is 0 Å². The summed E-state index contributed by atoms with van der Waals surface area (Å²) in [5.41, 5.74) is 8.36. The summed E-state index contributed by atoms with van der Waals surface area (Å²) >= 11 is 0. The number of H-pyrrole nitrogens is 2. The number of aromatic amines is 2. The van der Waals surface area contributed by atoms with Gasteiger partial charge in [-0.3, -0.25) is 15.0 Å². The van der Waals surface area contributed by atoms with Crippen LogP contribution in [-0.4, -0.2) is 30.0 Å². The highest BCUT2D eigenvalue weighted by Crippen LogP contribution is 2.34. The van der Waals surface area contributed by atoms with Gasteiger partial charge in [-0.05, 0) is 60.2 Å². The molecule has 3 N–H and O–H groups in total. The number of hydrogen-bond donors (Lipinski definition) is 3. The smallest absolute Gasteiger partial charge is 0.121 e. The molecule has 0 saturated carbocycles. The second-order valence-corrected chi connectivity index (χ2v) is 9.56. The lowest BCUT2D eigenvalue weighted by molar-refractivity contribution is 0.153. The number of aromatic nitrogens is 5. The number of nitrogens with zero attached hydrogens (tertiary/aromatic N) is 4. The highest BCUT2D eigenvalue weighted by Gasteiger charge is 2.28. The standard InChI is InChI=1S/C29H31N7/c1-2-8-26-25(7-1)33-28(34-26)20-36(27-9-3-5-23-6-4-15-31-29(23)27)19-22-12-10-21(11-13-22)17-30-18-24-14-16-32-35-24/h1-2,4,6-8,10-16,27,30H,3,5,9,17-20H2,(H,32,35)(H,33,34). The van der Waals surface area contributed by atoms with Crippen LogP contribution in [0.25, 0.3) is 11.0 Å². The lowest BCUT2D eigenvalue weighted by atomic mass is 9.90. The molecule has 5 aromatic rings. The number of para-hydroxylation sites is 2. The molecular weight excluding hydrogens is 446 g/mol. The predicted octanol–water partition coefficient (Wildman–Crippen LogP) is 5.05. The largest absolute Gasteiger partial charge is 0.341 e. The van der Waals surface area contributed by atoms with Gasteiger partial charge in [-0.2, -0.15) is 5.10 Å². The Kier molecular flexibility index (Phi) is 6.56. The molecule has 1 aliphatic carbocycles. The Morgan fingerprint density at radius 3 is 2.64 bits per heavy atom. The number of fused-ring (bicyclic) bond motifs is 2. The van der Waals surface area contributed by atoms with Gasteiger partial charge in [0.15, 0.2) is 0 Å². The van der Waals surface area contributed by atoms with E-state index in [0.717, 1.165) is 61.6 Å². The SMILES string of the molecule is c1cnc2c(c1)CCCC2N(Cc1ccc(CNCc2ccn[nH]2)cc1)Cc1nc2ccccc2[nH]1. The number of aryl methyl sites for hydroxylation is 1. The van der Waals surface area contributed by atoms with Gasteiger partial charge in [-0.25, -0.2) is 4.98 Å². The van der Waals surface area contributed by atoms with Crippen LogP contribution >= 0.6 is 0 Å². The van der Waals surface area contributed by atoms with Crippen molar-refractivity contribution in [2.24, 2.45) is 0 Å². The molecule has 1 atom stereocenters. The quantitative estimate of drug-likeness (QED) is 0.277. The maximum absolute atomic E-state index is 4.88. The molecule has 0 bridgehead atoms. The van der Waals surface area contributed by atoms with E-state index in [-0.39, 0.29) is 6.04 Å². The molecule has 3 heterocycles. The Labute approximate surface area is 211 Å². The highest BCUT2D eigenvalue weighted by molar-refractivity contribution is 5.74. The topological polar surface area (TPSA) is 85.5 Å². The van der Waals surface area contributed by atoms with E-state index in [1.807, 2.05) is 18.3 Å². The fourth-order valence-electron chi connectivity index (χ4n) is 5.21. The lowest BCUT2D eigenvalue weighted by Crippen LogP contribution is -2.31. The van der Waals surface area contributed by atoms with Crippen LogP contribution in [0.1, 0.15) is 52.8 Å². The number of imidazole rings is 1. The normalized spacial score (nSPS) is 15.4. The van der Waals surface area contributed by atoms with Gasteiger partial charge in [0.2, 0.25) is 0 Å². The van der Waals surface area contributed by atoms with Gasteiger partial charge in [-0.1, -0.05) is 42.5 Å². The maximum Gasteiger partial charge on any atom is 0.121 e. The minimum absolute atomic E-state index is 0.277. The molecule has 2 aromatic carbocycles. The number of rotatable bonds is 9. The Morgan fingerprint density at radius 1 is 0.889 bits per heavy atom. The molecule has 0 aliphatic heterocycles. The molecule has 1 aliphatic rings. The number of pyridine rings is 1. The van der Waals surface area contributed by atoms with Crippen molar-refractivity contribution >= 4 is 11.0 Å². The molecule has 0 radical (unpaired) electrons. The second-order valence-electron chi connectivity index (χ2n) is 9.56. The number of nitrogens with one attached hydrogen (secondary N) is 3. The second kappa shape index (κ2) is 10.4. The zero-order valence-electron chi connectivity index (χ0n) is 20.3. The molecule has 0 fully saturated rings. The summed E-state index contributed by atoms with van der Waals surface area (Å²) in [4.78, 5) is 15.8. The van der Waals surface area contributed by atoms with E-state index in [9.17, 15) is 0 Å². The molecule has 7 nitrogen and oxygen atoms in total. The van der Waals surface area contributed by atoms with Crippen LogP contribution < -0.4 is 5.32 Å². The monoisotopic (exact) mass is 477 g/mol. The summed E-state index contributed by atoms with van der Waals surface area (Å²) < 4.78 is 0. The zero-order valence-corrected chi connectivity index (χ0v) is 20.3. The molecular formula is C29H31N7. The van der Waals surface area contributed by atoms with Gasteiger partial charge < -0.3 is 10.3 Å². The van der Waals surface area contributed by atoms with E-state index in [1.165, 1.54) is 28.8 Å². The molecule has 182 valence electrons. The molecule has 6 rings (SSSR count). The highest BCUT2D eigenvalue weighted by atomic mass is 15.2. The van der Waals surface area contributed by atoms with Gasteiger partial charge in [0.25, 0.3) is 0 Å². The Morgan fingerprint density at radius 2 is 1.78 bits per heavy atom. The van der Waals surface area contributed by atoms with Gasteiger partial charge in [-0.15, -0.1) is 0 Å². The third-order valence-corrected chi connectivity index (χ3v) is 7.01. The van der Waals surface area contributed by atoms with Gasteiger partial charge in [0, 0.05) is 37.7 Å². The summed E-state index contributed by atoms with van der Waals surface area (Å²) in [6.07, 6.45) is 7.11. The van der Waals surface area contributed by atoms with Crippen LogP contribution in [0.2, 0.25) is 0 Å². The molecule has 0 amide bonds. The van der Waals surface area contributed by atoms with E-state index >= 15 is 0 Å². The van der Waals surface area contributed by atoms with Crippen molar-refractivity contribution < 1.29 is 0 Å². The van der Waals surface area contributed by atoms with Gasteiger partial charge in [0.05, 0.1) is 29.3 Å². The average Bonchev–Trinajstić information content (AvgIpc) is 3.58. The van der Waals surface area contributed by atoms with Crippen molar-refractivity contribution in [2.75, 3.05) is 0 Å². The summed E-state index contributed by atoms with van der Waals surface area (Å²) in [5.74, 6) is 0.999. The van der Waals surface area contributed by atoms with Crippen LogP contribution in [0.4, 0.5) is 0 Å². The average molecular weight is 478 g/mol. The van der Waals surface area contributed by atoms with Crippen molar-refractivity contribution in [2.45, 2.75) is 51.5 Å². The summed E-state index contributed by atoms with van der Waals surface area (Å²) in [6, 6.07) is 23.8. The first-order valence-corrected chi connectivity index (χ1v) is 12.7. The van der Waals surface area contributed by atoms with Crippen molar-refractivity contribution in [1.29, 1.82) is 0 Å². The minimum Gasteiger partial charge on any atom is -0.341 e. The number of hydrogen-bond acceptors (Lipinski definition) is 5. The predicted molar refractivity (Wildman–Crippen MR) is 141 cm³/mol. The third kappa shape index (κ3) is 5.08. The van der Waals surface area contributed by atoms with Crippen molar-refractivity contribution in [3.63, 3.8) is 0 Å². The minimum atomic E-state index is 0.277. The zero-order chi connectivity index (χ0) is 24.2. The molecule has 3 aromatic heterocycles. The molecule has 0 spiro atoms. The van der Waals surface area contributed by atoms with Crippen molar-refractivity contribution in [3.8, 4) is 0 Å². The molecule has 7 heteroatoms. The lowest BCUT2D eigenvalue weighted by Gasteiger charge is -2.34. The van der Waals surface area contributed by atoms with Crippen molar-refractivity contribution in [1.82, 2.24) is 35.4 Å².